The number of nitrogens with zero attached hydrogens (tertiary/aromatic N) is 3. The predicted octanol–water partition coefficient (Wildman–Crippen LogP) is 2.69. The Balaban J connectivity index is 2.79. The Bertz CT molecular complexity index is 713. The van der Waals surface area contributed by atoms with Gasteiger partial charge in [-0.05, 0) is 34.7 Å². The number of benzene rings is 1. The molecular weight excluding hydrogens is 428 g/mol. The van der Waals surface area contributed by atoms with Crippen LogP contribution in [0.15, 0.2) is 16.6 Å². The standard InChI is InChI=1S/C11H6BrFIN5/c12-6-2-8(14)7(13)1-4(6)9-5(3-15)10(16)19-11(17)18-9/h1-2H,(H4,16,17,18,19). The van der Waals surface area contributed by atoms with Gasteiger partial charge in [0.15, 0.2) is 0 Å². The lowest BCUT2D eigenvalue weighted by Crippen LogP contribution is -2.05. The third-order valence-corrected chi connectivity index (χ3v) is 3.81. The topological polar surface area (TPSA) is 102 Å². The summed E-state index contributed by atoms with van der Waals surface area (Å²) in [6.45, 7) is 0. The molecule has 1 aromatic carbocycles. The van der Waals surface area contributed by atoms with Crippen molar-refractivity contribution in [3.8, 4) is 17.3 Å². The summed E-state index contributed by atoms with van der Waals surface area (Å²) in [6, 6.07) is 4.76. The molecule has 4 N–H and O–H groups in total. The molecule has 96 valence electrons. The van der Waals surface area contributed by atoms with Crippen LogP contribution in [-0.2, 0) is 0 Å². The first kappa shape index (κ1) is 14.0. The summed E-state index contributed by atoms with van der Waals surface area (Å²) >= 11 is 5.17. The van der Waals surface area contributed by atoms with Gasteiger partial charge >= 0.3 is 0 Å². The second kappa shape index (κ2) is 5.26. The summed E-state index contributed by atoms with van der Waals surface area (Å²) in [5, 5.41) is 9.10. The Morgan fingerprint density at radius 3 is 2.63 bits per heavy atom. The summed E-state index contributed by atoms with van der Waals surface area (Å²) in [7, 11) is 0. The van der Waals surface area contributed by atoms with Gasteiger partial charge in [-0.3, -0.25) is 0 Å². The Kier molecular flexibility index (Phi) is 3.86. The molecule has 1 aromatic heterocycles. The van der Waals surface area contributed by atoms with Crippen molar-refractivity contribution in [1.82, 2.24) is 9.97 Å². The lowest BCUT2D eigenvalue weighted by molar-refractivity contribution is 0.620. The molecule has 0 radical (unpaired) electrons. The minimum Gasteiger partial charge on any atom is -0.382 e. The molecule has 0 aliphatic heterocycles. The number of rotatable bonds is 1. The molecule has 0 fully saturated rings. The SMILES string of the molecule is N#Cc1c(N)nc(N)nc1-c1cc(F)c(I)cc1Br. The molecule has 5 nitrogen and oxygen atoms in total. The zero-order chi connectivity index (χ0) is 14.2. The van der Waals surface area contributed by atoms with Crippen LogP contribution < -0.4 is 11.5 Å². The van der Waals surface area contributed by atoms with E-state index in [0.29, 0.717) is 13.6 Å². The number of nitrogen functional groups attached to an aromatic ring is 2. The van der Waals surface area contributed by atoms with E-state index in [1.54, 1.807) is 6.07 Å². The quantitative estimate of drug-likeness (QED) is 0.531. The highest BCUT2D eigenvalue weighted by atomic mass is 127. The van der Waals surface area contributed by atoms with Crippen molar-refractivity contribution < 1.29 is 4.39 Å². The number of anilines is 2. The molecule has 2 aromatic rings. The number of aromatic nitrogens is 2. The molecule has 0 bridgehead atoms. The molecular formula is C11H6BrFIN5. The van der Waals surface area contributed by atoms with Crippen LogP contribution in [0.5, 0.6) is 0 Å². The van der Waals surface area contributed by atoms with Crippen molar-refractivity contribution in [2.45, 2.75) is 0 Å². The molecule has 0 unspecified atom stereocenters. The van der Waals surface area contributed by atoms with E-state index in [4.69, 9.17) is 16.7 Å². The van der Waals surface area contributed by atoms with Gasteiger partial charge in [0.25, 0.3) is 0 Å². The van der Waals surface area contributed by atoms with Gasteiger partial charge in [-0.1, -0.05) is 15.9 Å². The average Bonchev–Trinajstić information content (AvgIpc) is 2.33. The van der Waals surface area contributed by atoms with Crippen molar-refractivity contribution in [3.63, 3.8) is 0 Å². The maximum absolute atomic E-state index is 13.7. The normalized spacial score (nSPS) is 10.2. The van der Waals surface area contributed by atoms with Crippen molar-refractivity contribution in [2.75, 3.05) is 11.5 Å². The van der Waals surface area contributed by atoms with E-state index in [-0.39, 0.29) is 23.0 Å². The fourth-order valence-corrected chi connectivity index (χ4v) is 2.93. The van der Waals surface area contributed by atoms with Gasteiger partial charge in [0, 0.05) is 13.6 Å². The average molecular weight is 434 g/mol. The van der Waals surface area contributed by atoms with Gasteiger partial charge in [0.2, 0.25) is 5.95 Å². The number of hydrogen-bond donors (Lipinski definition) is 2. The van der Waals surface area contributed by atoms with Crippen molar-refractivity contribution in [1.29, 1.82) is 5.26 Å². The number of hydrogen-bond acceptors (Lipinski definition) is 5. The number of nitriles is 1. The van der Waals surface area contributed by atoms with Crippen LogP contribution in [0.2, 0.25) is 0 Å². The Hall–Kier alpha value is -1.47. The highest BCUT2D eigenvalue weighted by Crippen LogP contribution is 2.33. The van der Waals surface area contributed by atoms with Crippen molar-refractivity contribution in [3.05, 3.63) is 31.6 Å². The summed E-state index contributed by atoms with van der Waals surface area (Å²) in [5.41, 5.74) is 11.8. The molecule has 8 heteroatoms. The fraction of sp³-hybridized carbons (Fsp3) is 0. The van der Waals surface area contributed by atoms with Gasteiger partial charge in [-0.2, -0.15) is 10.2 Å². The third kappa shape index (κ3) is 2.62. The lowest BCUT2D eigenvalue weighted by Gasteiger charge is -2.09. The minimum absolute atomic E-state index is 0.0316. The maximum atomic E-state index is 13.7. The first-order chi connectivity index (χ1) is 8.93. The first-order valence-corrected chi connectivity index (χ1v) is 6.79. The van der Waals surface area contributed by atoms with E-state index in [2.05, 4.69) is 25.9 Å². The smallest absolute Gasteiger partial charge is 0.222 e. The maximum Gasteiger partial charge on any atom is 0.222 e. The Labute approximate surface area is 130 Å². The van der Waals surface area contributed by atoms with Crippen LogP contribution >= 0.6 is 38.5 Å². The van der Waals surface area contributed by atoms with Gasteiger partial charge < -0.3 is 11.5 Å². The van der Waals surface area contributed by atoms with Crippen molar-refractivity contribution >= 4 is 50.3 Å². The molecule has 0 aliphatic carbocycles. The zero-order valence-corrected chi connectivity index (χ0v) is 13.0. The highest BCUT2D eigenvalue weighted by molar-refractivity contribution is 14.1. The number of halogens is 3. The Morgan fingerprint density at radius 1 is 1.32 bits per heavy atom. The van der Waals surface area contributed by atoms with Crippen LogP contribution in [0, 0.1) is 20.7 Å². The molecule has 0 saturated carbocycles. The Morgan fingerprint density at radius 2 is 2.00 bits per heavy atom. The van der Waals surface area contributed by atoms with E-state index < -0.39 is 5.82 Å². The molecule has 1 heterocycles. The number of nitrogens with two attached hydrogens (primary N) is 2. The monoisotopic (exact) mass is 433 g/mol. The summed E-state index contributed by atoms with van der Waals surface area (Å²) in [5.74, 6) is -0.522. The van der Waals surface area contributed by atoms with Crippen LogP contribution in [0.25, 0.3) is 11.3 Å². The molecule has 0 atom stereocenters. The van der Waals surface area contributed by atoms with E-state index in [9.17, 15) is 4.39 Å². The summed E-state index contributed by atoms with van der Waals surface area (Å²) in [6.07, 6.45) is 0. The molecule has 0 spiro atoms. The van der Waals surface area contributed by atoms with Gasteiger partial charge in [-0.25, -0.2) is 9.37 Å². The summed E-state index contributed by atoms with van der Waals surface area (Å²) in [4.78, 5) is 7.68. The van der Waals surface area contributed by atoms with E-state index in [1.807, 2.05) is 28.7 Å². The van der Waals surface area contributed by atoms with Crippen LogP contribution in [0.1, 0.15) is 5.56 Å². The summed E-state index contributed by atoms with van der Waals surface area (Å²) < 4.78 is 14.7. The van der Waals surface area contributed by atoms with Crippen LogP contribution in [0.4, 0.5) is 16.2 Å². The van der Waals surface area contributed by atoms with Gasteiger partial charge in [0.05, 0.1) is 5.69 Å². The second-order valence-electron chi connectivity index (χ2n) is 3.55. The minimum atomic E-state index is -0.418. The van der Waals surface area contributed by atoms with Gasteiger partial charge in [-0.15, -0.1) is 0 Å². The molecule has 0 amide bonds. The van der Waals surface area contributed by atoms with E-state index in [1.165, 1.54) is 6.07 Å². The fourth-order valence-electron chi connectivity index (χ4n) is 1.51. The molecule has 2 rings (SSSR count). The van der Waals surface area contributed by atoms with E-state index >= 15 is 0 Å². The van der Waals surface area contributed by atoms with Crippen LogP contribution in [0.3, 0.4) is 0 Å². The van der Waals surface area contributed by atoms with Crippen molar-refractivity contribution in [2.24, 2.45) is 0 Å². The predicted molar refractivity (Wildman–Crippen MR) is 81.4 cm³/mol. The molecule has 19 heavy (non-hydrogen) atoms. The largest absolute Gasteiger partial charge is 0.382 e. The van der Waals surface area contributed by atoms with E-state index in [0.717, 1.165) is 0 Å². The van der Waals surface area contributed by atoms with Gasteiger partial charge in [0.1, 0.15) is 23.3 Å². The first-order valence-electron chi connectivity index (χ1n) is 4.92. The molecule has 0 aliphatic rings. The van der Waals surface area contributed by atoms with Crippen LogP contribution in [-0.4, -0.2) is 9.97 Å². The zero-order valence-electron chi connectivity index (χ0n) is 9.28. The second-order valence-corrected chi connectivity index (χ2v) is 5.57. The highest BCUT2D eigenvalue weighted by Gasteiger charge is 2.17. The molecule has 0 saturated heterocycles. The lowest BCUT2D eigenvalue weighted by atomic mass is 10.1. The third-order valence-electron chi connectivity index (χ3n) is 2.33.